The molecule has 2 rings (SSSR count). The first kappa shape index (κ1) is 11.6. The molecule has 0 saturated heterocycles. The first-order valence-electron chi connectivity index (χ1n) is 5.59. The van der Waals surface area contributed by atoms with E-state index in [0.717, 1.165) is 12.4 Å². The van der Waals surface area contributed by atoms with E-state index in [1.165, 1.54) is 6.07 Å². The zero-order valence-corrected chi connectivity index (χ0v) is 9.98. The van der Waals surface area contributed by atoms with E-state index in [1.54, 1.807) is 25.3 Å². The van der Waals surface area contributed by atoms with Gasteiger partial charge in [-0.15, -0.1) is 0 Å². The Bertz CT molecular complexity index is 508. The van der Waals surface area contributed by atoms with Gasteiger partial charge in [-0.05, 0) is 25.5 Å². The van der Waals surface area contributed by atoms with Crippen LogP contribution in [0.4, 0.5) is 4.39 Å². The summed E-state index contributed by atoms with van der Waals surface area (Å²) in [6.07, 6.45) is 3.63. The van der Waals surface area contributed by atoms with Gasteiger partial charge in [0.05, 0.1) is 0 Å². The van der Waals surface area contributed by atoms with Crippen molar-refractivity contribution < 1.29 is 9.13 Å². The van der Waals surface area contributed by atoms with Crippen LogP contribution in [0.15, 0.2) is 30.6 Å². The summed E-state index contributed by atoms with van der Waals surface area (Å²) in [7, 11) is 0. The molecule has 1 aromatic heterocycles. The van der Waals surface area contributed by atoms with Crippen molar-refractivity contribution in [3.05, 3.63) is 47.8 Å². The molecular weight excluding hydrogens is 219 g/mol. The molecule has 0 atom stereocenters. The molecule has 4 heteroatoms. The van der Waals surface area contributed by atoms with Gasteiger partial charge >= 0.3 is 0 Å². The van der Waals surface area contributed by atoms with Crippen LogP contribution in [0.2, 0.25) is 0 Å². The van der Waals surface area contributed by atoms with E-state index >= 15 is 0 Å². The second kappa shape index (κ2) is 4.99. The van der Waals surface area contributed by atoms with Crippen molar-refractivity contribution in [3.63, 3.8) is 0 Å². The number of aryl methyl sites for hydroxylation is 2. The lowest BCUT2D eigenvalue weighted by Gasteiger charge is -2.08. The van der Waals surface area contributed by atoms with Gasteiger partial charge in [0.25, 0.3) is 0 Å². The molecule has 0 aliphatic carbocycles. The maximum atomic E-state index is 13.3. The number of rotatable bonds is 4. The van der Waals surface area contributed by atoms with Gasteiger partial charge in [-0.2, -0.15) is 0 Å². The summed E-state index contributed by atoms with van der Waals surface area (Å²) in [5.41, 5.74) is 0.618. The van der Waals surface area contributed by atoms with Crippen LogP contribution in [0.3, 0.4) is 0 Å². The highest BCUT2D eigenvalue weighted by Crippen LogP contribution is 2.16. The molecule has 2 aromatic rings. The molecule has 0 unspecified atom stereocenters. The second-order valence-corrected chi connectivity index (χ2v) is 3.83. The lowest BCUT2D eigenvalue weighted by molar-refractivity contribution is 0.288. The molecule has 3 nitrogen and oxygen atoms in total. The van der Waals surface area contributed by atoms with E-state index < -0.39 is 0 Å². The van der Waals surface area contributed by atoms with Gasteiger partial charge in [0.2, 0.25) is 0 Å². The largest absolute Gasteiger partial charge is 0.486 e. The summed E-state index contributed by atoms with van der Waals surface area (Å²) in [6.45, 7) is 4.96. The Morgan fingerprint density at radius 2 is 2.24 bits per heavy atom. The average Bonchev–Trinajstić information content (AvgIpc) is 2.78. The minimum Gasteiger partial charge on any atom is -0.486 e. The van der Waals surface area contributed by atoms with Gasteiger partial charge < -0.3 is 9.30 Å². The summed E-state index contributed by atoms with van der Waals surface area (Å²) in [5, 5.41) is 0. The van der Waals surface area contributed by atoms with Crippen molar-refractivity contribution in [1.82, 2.24) is 9.55 Å². The van der Waals surface area contributed by atoms with Gasteiger partial charge in [0.15, 0.2) is 0 Å². The molecule has 1 aromatic carbocycles. The molecule has 17 heavy (non-hydrogen) atoms. The lowest BCUT2D eigenvalue weighted by Crippen LogP contribution is -2.05. The fourth-order valence-electron chi connectivity index (χ4n) is 1.58. The van der Waals surface area contributed by atoms with Gasteiger partial charge in [-0.1, -0.05) is 6.07 Å². The van der Waals surface area contributed by atoms with Crippen molar-refractivity contribution in [1.29, 1.82) is 0 Å². The van der Waals surface area contributed by atoms with E-state index in [9.17, 15) is 4.39 Å². The van der Waals surface area contributed by atoms with E-state index in [4.69, 9.17) is 4.74 Å². The molecule has 0 bridgehead atoms. The fraction of sp³-hybridized carbons (Fsp3) is 0.308. The van der Waals surface area contributed by atoms with E-state index in [-0.39, 0.29) is 5.82 Å². The van der Waals surface area contributed by atoms with Crippen LogP contribution in [-0.2, 0) is 13.2 Å². The molecule has 0 aliphatic rings. The molecule has 0 amide bonds. The molecule has 0 spiro atoms. The molecule has 1 heterocycles. The van der Waals surface area contributed by atoms with Crippen LogP contribution in [0.25, 0.3) is 0 Å². The van der Waals surface area contributed by atoms with Crippen LogP contribution >= 0.6 is 0 Å². The maximum absolute atomic E-state index is 13.3. The molecule has 0 aliphatic heterocycles. The highest BCUT2D eigenvalue weighted by molar-refractivity contribution is 5.28. The lowest BCUT2D eigenvalue weighted by atomic mass is 10.2. The smallest absolute Gasteiger partial charge is 0.146 e. The molecule has 0 N–H and O–H groups in total. The summed E-state index contributed by atoms with van der Waals surface area (Å²) in [5.74, 6) is 1.12. The Labute approximate surface area is 99.9 Å². The summed E-state index contributed by atoms with van der Waals surface area (Å²) in [6, 6.07) is 4.86. The Hall–Kier alpha value is -1.84. The number of ether oxygens (including phenoxy) is 1. The Morgan fingerprint density at radius 1 is 1.41 bits per heavy atom. The minimum atomic E-state index is -0.249. The number of halogens is 1. The van der Waals surface area contributed by atoms with Crippen molar-refractivity contribution in [2.45, 2.75) is 27.0 Å². The van der Waals surface area contributed by atoms with Crippen LogP contribution < -0.4 is 4.74 Å². The van der Waals surface area contributed by atoms with Gasteiger partial charge in [0.1, 0.15) is 24.0 Å². The predicted molar refractivity (Wildman–Crippen MR) is 63.4 cm³/mol. The molecule has 0 saturated carbocycles. The quantitative estimate of drug-likeness (QED) is 0.813. The third kappa shape index (κ3) is 2.64. The number of nitrogens with zero attached hydrogens (tertiary/aromatic N) is 2. The minimum absolute atomic E-state index is 0.249. The Morgan fingerprint density at radius 3 is 2.94 bits per heavy atom. The molecular formula is C13H15FN2O. The summed E-state index contributed by atoms with van der Waals surface area (Å²) < 4.78 is 20.8. The van der Waals surface area contributed by atoms with Gasteiger partial charge in [-0.25, -0.2) is 9.37 Å². The maximum Gasteiger partial charge on any atom is 0.146 e. The predicted octanol–water partition coefficient (Wildman–Crippen LogP) is 2.93. The van der Waals surface area contributed by atoms with Crippen LogP contribution in [0, 0.1) is 12.7 Å². The van der Waals surface area contributed by atoms with Crippen molar-refractivity contribution in [2.24, 2.45) is 0 Å². The van der Waals surface area contributed by atoms with Crippen LogP contribution in [0.5, 0.6) is 5.75 Å². The van der Waals surface area contributed by atoms with Gasteiger partial charge in [0, 0.05) is 25.0 Å². The highest BCUT2D eigenvalue weighted by Gasteiger charge is 2.04. The average molecular weight is 234 g/mol. The standard InChI is InChI=1S/C13H15FN2O/c1-3-16-7-6-15-13(16)9-17-11-5-4-10(2)12(14)8-11/h4-8H,3,9H2,1-2H3. The number of aromatic nitrogens is 2. The topological polar surface area (TPSA) is 27.1 Å². The van der Waals surface area contributed by atoms with Crippen molar-refractivity contribution in [3.8, 4) is 5.75 Å². The van der Waals surface area contributed by atoms with E-state index in [1.807, 2.05) is 17.7 Å². The molecule has 90 valence electrons. The SMILES string of the molecule is CCn1ccnc1COc1ccc(C)c(F)c1. The normalized spacial score (nSPS) is 10.5. The third-order valence-corrected chi connectivity index (χ3v) is 2.65. The Kier molecular flexibility index (Phi) is 3.42. The number of imidazole rings is 1. The Balaban J connectivity index is 2.05. The number of benzene rings is 1. The highest BCUT2D eigenvalue weighted by atomic mass is 19.1. The van der Waals surface area contributed by atoms with E-state index in [0.29, 0.717) is 17.9 Å². The zero-order valence-electron chi connectivity index (χ0n) is 9.98. The van der Waals surface area contributed by atoms with Crippen LogP contribution in [-0.4, -0.2) is 9.55 Å². The third-order valence-electron chi connectivity index (χ3n) is 2.65. The second-order valence-electron chi connectivity index (χ2n) is 3.83. The van der Waals surface area contributed by atoms with Crippen molar-refractivity contribution in [2.75, 3.05) is 0 Å². The fourth-order valence-corrected chi connectivity index (χ4v) is 1.58. The molecule has 0 radical (unpaired) electrons. The van der Waals surface area contributed by atoms with Crippen LogP contribution in [0.1, 0.15) is 18.3 Å². The molecule has 0 fully saturated rings. The zero-order chi connectivity index (χ0) is 12.3. The number of hydrogen-bond donors (Lipinski definition) is 0. The summed E-state index contributed by atoms with van der Waals surface area (Å²) in [4.78, 5) is 4.19. The number of hydrogen-bond acceptors (Lipinski definition) is 2. The first-order chi connectivity index (χ1) is 8.20. The van der Waals surface area contributed by atoms with Gasteiger partial charge in [-0.3, -0.25) is 0 Å². The van der Waals surface area contributed by atoms with Crippen molar-refractivity contribution >= 4 is 0 Å². The first-order valence-corrected chi connectivity index (χ1v) is 5.59. The van der Waals surface area contributed by atoms with E-state index in [2.05, 4.69) is 4.98 Å². The summed E-state index contributed by atoms with van der Waals surface area (Å²) >= 11 is 0. The monoisotopic (exact) mass is 234 g/mol.